The average Bonchev–Trinajstić information content (AvgIpc) is 2.73. The second kappa shape index (κ2) is 5.31. The van der Waals surface area contributed by atoms with E-state index < -0.39 is 11.6 Å². The van der Waals surface area contributed by atoms with Gasteiger partial charge in [0.1, 0.15) is 22.3 Å². The Balaban J connectivity index is 2.40. The van der Waals surface area contributed by atoms with E-state index in [9.17, 15) is 13.6 Å². The van der Waals surface area contributed by atoms with E-state index in [-0.39, 0.29) is 27.3 Å². The summed E-state index contributed by atoms with van der Waals surface area (Å²) in [6.45, 7) is 1.69. The Morgan fingerprint density at radius 2 is 2.21 bits per heavy atom. The number of carbonyl (C=O) groups is 1. The molecule has 0 radical (unpaired) electrons. The third kappa shape index (κ3) is 2.87. The highest BCUT2D eigenvalue weighted by molar-refractivity contribution is 7.20. The second-order valence-electron chi connectivity index (χ2n) is 3.76. The third-order valence-corrected chi connectivity index (χ3v) is 3.20. The minimum absolute atomic E-state index is 0.0225. The number of hydrogen-bond acceptors (Lipinski definition) is 4. The van der Waals surface area contributed by atoms with Crippen LogP contribution in [0.5, 0.6) is 0 Å². The maximum absolute atomic E-state index is 13.6. The number of carbonyl (C=O) groups excluding carboxylic acids is 1. The highest BCUT2D eigenvalue weighted by Gasteiger charge is 2.16. The Labute approximate surface area is 112 Å². The molecule has 19 heavy (non-hydrogen) atoms. The quantitative estimate of drug-likeness (QED) is 0.909. The Bertz CT molecular complexity index is 627. The van der Waals surface area contributed by atoms with Gasteiger partial charge in [0, 0.05) is 12.0 Å². The summed E-state index contributed by atoms with van der Waals surface area (Å²) in [5.74, 6) is -1.42. The van der Waals surface area contributed by atoms with E-state index in [2.05, 4.69) is 10.3 Å². The van der Waals surface area contributed by atoms with E-state index in [1.165, 1.54) is 0 Å². The van der Waals surface area contributed by atoms with Gasteiger partial charge in [0.2, 0.25) is 5.91 Å². The number of rotatable bonds is 3. The number of anilines is 2. The van der Waals surface area contributed by atoms with Gasteiger partial charge in [-0.2, -0.15) is 0 Å². The minimum Gasteiger partial charge on any atom is -0.389 e. The van der Waals surface area contributed by atoms with Crippen LogP contribution in [0.25, 0.3) is 11.3 Å². The van der Waals surface area contributed by atoms with Gasteiger partial charge in [-0.1, -0.05) is 18.3 Å². The van der Waals surface area contributed by atoms with E-state index >= 15 is 0 Å². The monoisotopic (exact) mass is 283 g/mol. The largest absolute Gasteiger partial charge is 0.389 e. The van der Waals surface area contributed by atoms with Gasteiger partial charge in [0.05, 0.1) is 0 Å². The Morgan fingerprint density at radius 1 is 1.47 bits per heavy atom. The molecule has 0 unspecified atom stereocenters. The molecule has 2 aromatic rings. The van der Waals surface area contributed by atoms with Crippen LogP contribution in [0.3, 0.4) is 0 Å². The number of nitrogens with two attached hydrogens (primary N) is 1. The molecule has 1 aromatic carbocycles. The van der Waals surface area contributed by atoms with Crippen molar-refractivity contribution < 1.29 is 13.6 Å². The molecule has 0 aliphatic heterocycles. The average molecular weight is 283 g/mol. The first-order valence-electron chi connectivity index (χ1n) is 5.52. The molecule has 0 saturated carbocycles. The van der Waals surface area contributed by atoms with Crippen LogP contribution >= 0.6 is 11.3 Å². The van der Waals surface area contributed by atoms with Gasteiger partial charge in [-0.3, -0.25) is 4.79 Å². The first-order valence-corrected chi connectivity index (χ1v) is 6.34. The topological polar surface area (TPSA) is 68.0 Å². The predicted molar refractivity (Wildman–Crippen MR) is 70.8 cm³/mol. The number of nitrogens with zero attached hydrogens (tertiary/aromatic N) is 1. The molecule has 0 aliphatic carbocycles. The van der Waals surface area contributed by atoms with Crippen molar-refractivity contribution in [3.8, 4) is 11.3 Å². The molecule has 0 spiro atoms. The van der Waals surface area contributed by atoms with E-state index in [4.69, 9.17) is 5.73 Å². The standard InChI is InChI=1S/C12H11F2N3OS/c1-2-9(18)16-12-17-10(11(15)19-12)7-5-6(13)3-4-8(7)14/h3-5H,2,15H2,1H3,(H,16,17,18). The molecule has 4 nitrogen and oxygen atoms in total. The number of nitrogen functional groups attached to an aromatic ring is 1. The Hall–Kier alpha value is -2.02. The molecular weight excluding hydrogens is 272 g/mol. The summed E-state index contributed by atoms with van der Waals surface area (Å²) in [5.41, 5.74) is 5.84. The number of benzene rings is 1. The molecule has 100 valence electrons. The fraction of sp³-hybridized carbons (Fsp3) is 0.167. The molecule has 2 rings (SSSR count). The molecule has 0 aliphatic rings. The molecule has 1 heterocycles. The second-order valence-corrected chi connectivity index (χ2v) is 4.79. The number of nitrogens with one attached hydrogen (secondary N) is 1. The van der Waals surface area contributed by atoms with Gasteiger partial charge < -0.3 is 11.1 Å². The van der Waals surface area contributed by atoms with Gasteiger partial charge in [0.15, 0.2) is 5.13 Å². The summed E-state index contributed by atoms with van der Waals surface area (Å²) in [5, 5.41) is 3.01. The maximum Gasteiger partial charge on any atom is 0.225 e. The Morgan fingerprint density at radius 3 is 2.89 bits per heavy atom. The van der Waals surface area contributed by atoms with Gasteiger partial charge in [-0.25, -0.2) is 13.8 Å². The summed E-state index contributed by atoms with van der Waals surface area (Å²) in [7, 11) is 0. The first-order chi connectivity index (χ1) is 9.01. The molecule has 0 saturated heterocycles. The van der Waals surface area contributed by atoms with E-state index in [0.29, 0.717) is 6.42 Å². The van der Waals surface area contributed by atoms with Crippen molar-refractivity contribution in [3.05, 3.63) is 29.8 Å². The number of hydrogen-bond donors (Lipinski definition) is 2. The zero-order valence-electron chi connectivity index (χ0n) is 10.0. The molecule has 1 amide bonds. The molecule has 0 fully saturated rings. The zero-order valence-corrected chi connectivity index (χ0v) is 10.9. The van der Waals surface area contributed by atoms with Gasteiger partial charge in [-0.15, -0.1) is 0 Å². The molecule has 7 heteroatoms. The van der Waals surface area contributed by atoms with Crippen molar-refractivity contribution in [2.24, 2.45) is 0 Å². The minimum atomic E-state index is -0.619. The van der Waals surface area contributed by atoms with Crippen molar-refractivity contribution in [2.45, 2.75) is 13.3 Å². The predicted octanol–water partition coefficient (Wildman–Crippen LogP) is 3.02. The third-order valence-electron chi connectivity index (χ3n) is 2.40. The molecular formula is C12H11F2N3OS. The van der Waals surface area contributed by atoms with Crippen LogP contribution in [0, 0.1) is 11.6 Å². The fourth-order valence-corrected chi connectivity index (χ4v) is 2.23. The van der Waals surface area contributed by atoms with Crippen LogP contribution in [0.4, 0.5) is 18.9 Å². The van der Waals surface area contributed by atoms with Gasteiger partial charge in [0.25, 0.3) is 0 Å². The van der Waals surface area contributed by atoms with Crippen LogP contribution in [0.2, 0.25) is 0 Å². The summed E-state index contributed by atoms with van der Waals surface area (Å²) in [6, 6.07) is 3.04. The van der Waals surface area contributed by atoms with E-state index in [1.807, 2.05) is 0 Å². The fourth-order valence-electron chi connectivity index (χ4n) is 1.46. The lowest BCUT2D eigenvalue weighted by atomic mass is 10.1. The highest BCUT2D eigenvalue weighted by atomic mass is 32.1. The van der Waals surface area contributed by atoms with Crippen LogP contribution in [0.1, 0.15) is 13.3 Å². The summed E-state index contributed by atoms with van der Waals surface area (Å²) >= 11 is 1.01. The number of thiazole rings is 1. The van der Waals surface area contributed by atoms with Gasteiger partial charge in [-0.05, 0) is 18.2 Å². The lowest BCUT2D eigenvalue weighted by Gasteiger charge is -2.01. The summed E-state index contributed by atoms with van der Waals surface area (Å²) in [6.07, 6.45) is 0.295. The van der Waals surface area contributed by atoms with Crippen LogP contribution < -0.4 is 11.1 Å². The van der Waals surface area contributed by atoms with Crippen molar-refractivity contribution in [2.75, 3.05) is 11.1 Å². The van der Waals surface area contributed by atoms with Crippen molar-refractivity contribution in [1.29, 1.82) is 0 Å². The summed E-state index contributed by atoms with van der Waals surface area (Å²) < 4.78 is 26.8. The number of halogens is 2. The van der Waals surface area contributed by atoms with Crippen LogP contribution in [0.15, 0.2) is 18.2 Å². The van der Waals surface area contributed by atoms with Crippen LogP contribution in [-0.2, 0) is 4.79 Å². The molecule has 0 bridgehead atoms. The number of aromatic nitrogens is 1. The van der Waals surface area contributed by atoms with E-state index in [0.717, 1.165) is 29.5 Å². The lowest BCUT2D eigenvalue weighted by molar-refractivity contribution is -0.115. The number of amides is 1. The highest BCUT2D eigenvalue weighted by Crippen LogP contribution is 2.34. The molecule has 1 aromatic heterocycles. The molecule has 0 atom stereocenters. The Kier molecular flexibility index (Phi) is 3.75. The normalized spacial score (nSPS) is 10.5. The van der Waals surface area contributed by atoms with Crippen LogP contribution in [-0.4, -0.2) is 10.9 Å². The van der Waals surface area contributed by atoms with Crippen molar-refractivity contribution in [1.82, 2.24) is 4.98 Å². The first kappa shape index (κ1) is 13.4. The zero-order chi connectivity index (χ0) is 14.0. The van der Waals surface area contributed by atoms with Gasteiger partial charge >= 0.3 is 0 Å². The summed E-state index contributed by atoms with van der Waals surface area (Å²) in [4.78, 5) is 15.3. The smallest absolute Gasteiger partial charge is 0.225 e. The molecule has 3 N–H and O–H groups in total. The SMILES string of the molecule is CCC(=O)Nc1nc(-c2cc(F)ccc2F)c(N)s1. The van der Waals surface area contributed by atoms with Crippen molar-refractivity contribution in [3.63, 3.8) is 0 Å². The maximum atomic E-state index is 13.6. The van der Waals surface area contributed by atoms with Crippen molar-refractivity contribution >= 4 is 27.4 Å². The van der Waals surface area contributed by atoms with E-state index in [1.54, 1.807) is 6.92 Å². The lowest BCUT2D eigenvalue weighted by Crippen LogP contribution is -2.08.